The number of halogens is 1. The second-order valence-electron chi connectivity index (χ2n) is 5.55. The molecule has 120 valence electrons. The standard InChI is InChI=1S/C17H18ClN3O2/c18-15-4-2-1-3-13(15)12-20-7-9-21(10-8-20)16-5-6-19-11-14(16)17(22)23/h1-6,11H,7-10,12H2,(H,22,23). The van der Waals surface area contributed by atoms with Crippen LogP contribution in [0.3, 0.4) is 0 Å². The highest BCUT2D eigenvalue weighted by Crippen LogP contribution is 2.22. The minimum atomic E-state index is -0.938. The van der Waals surface area contributed by atoms with E-state index < -0.39 is 5.97 Å². The zero-order valence-electron chi connectivity index (χ0n) is 12.7. The molecule has 1 saturated heterocycles. The Morgan fingerprint density at radius 1 is 1.17 bits per heavy atom. The summed E-state index contributed by atoms with van der Waals surface area (Å²) in [5, 5.41) is 10.1. The monoisotopic (exact) mass is 331 g/mol. The average Bonchev–Trinajstić information content (AvgIpc) is 2.58. The van der Waals surface area contributed by atoms with Crippen molar-refractivity contribution in [2.45, 2.75) is 6.54 Å². The van der Waals surface area contributed by atoms with Crippen molar-refractivity contribution in [1.29, 1.82) is 0 Å². The molecule has 0 atom stereocenters. The van der Waals surface area contributed by atoms with Gasteiger partial charge in [-0.25, -0.2) is 4.79 Å². The largest absolute Gasteiger partial charge is 0.478 e. The molecule has 5 nitrogen and oxygen atoms in total. The van der Waals surface area contributed by atoms with Crippen molar-refractivity contribution < 1.29 is 9.90 Å². The molecule has 1 aromatic carbocycles. The fourth-order valence-electron chi connectivity index (χ4n) is 2.84. The molecular formula is C17H18ClN3O2. The summed E-state index contributed by atoms with van der Waals surface area (Å²) in [6, 6.07) is 9.64. The lowest BCUT2D eigenvalue weighted by Crippen LogP contribution is -2.46. The first-order valence-electron chi connectivity index (χ1n) is 7.53. The number of hydrogen-bond donors (Lipinski definition) is 1. The number of piperazine rings is 1. The molecule has 0 unspecified atom stereocenters. The number of pyridine rings is 1. The van der Waals surface area contributed by atoms with Crippen LogP contribution in [0.25, 0.3) is 0 Å². The molecule has 0 saturated carbocycles. The van der Waals surface area contributed by atoms with Gasteiger partial charge in [0, 0.05) is 50.1 Å². The molecule has 3 rings (SSSR count). The third-order valence-electron chi connectivity index (χ3n) is 4.09. The predicted octanol–water partition coefficient (Wildman–Crippen LogP) is 2.76. The van der Waals surface area contributed by atoms with Gasteiger partial charge in [-0.05, 0) is 17.7 Å². The second kappa shape index (κ2) is 6.98. The van der Waals surface area contributed by atoms with Crippen molar-refractivity contribution in [2.24, 2.45) is 0 Å². The van der Waals surface area contributed by atoms with Crippen LogP contribution in [0.4, 0.5) is 5.69 Å². The van der Waals surface area contributed by atoms with Crippen molar-refractivity contribution in [3.63, 3.8) is 0 Å². The van der Waals surface area contributed by atoms with E-state index in [1.165, 1.54) is 6.20 Å². The van der Waals surface area contributed by atoms with Gasteiger partial charge in [0.1, 0.15) is 5.56 Å². The zero-order valence-corrected chi connectivity index (χ0v) is 13.4. The summed E-state index contributed by atoms with van der Waals surface area (Å²) in [7, 11) is 0. The number of carbonyl (C=O) groups is 1. The maximum absolute atomic E-state index is 11.3. The molecule has 0 radical (unpaired) electrons. The normalized spacial score (nSPS) is 15.6. The Hall–Kier alpha value is -2.11. The van der Waals surface area contributed by atoms with Crippen LogP contribution in [-0.2, 0) is 6.54 Å². The minimum Gasteiger partial charge on any atom is -0.478 e. The van der Waals surface area contributed by atoms with E-state index in [4.69, 9.17) is 11.6 Å². The van der Waals surface area contributed by atoms with Crippen LogP contribution >= 0.6 is 11.6 Å². The molecule has 23 heavy (non-hydrogen) atoms. The summed E-state index contributed by atoms with van der Waals surface area (Å²) < 4.78 is 0. The van der Waals surface area contributed by atoms with Crippen molar-refractivity contribution in [2.75, 3.05) is 31.1 Å². The van der Waals surface area contributed by atoms with Gasteiger partial charge in [0.25, 0.3) is 0 Å². The highest BCUT2D eigenvalue weighted by molar-refractivity contribution is 6.31. The van der Waals surface area contributed by atoms with Gasteiger partial charge in [-0.15, -0.1) is 0 Å². The molecule has 2 heterocycles. The molecule has 0 spiro atoms. The van der Waals surface area contributed by atoms with Crippen molar-refractivity contribution >= 4 is 23.3 Å². The van der Waals surface area contributed by atoms with Crippen LogP contribution in [0, 0.1) is 0 Å². The Morgan fingerprint density at radius 2 is 1.91 bits per heavy atom. The van der Waals surface area contributed by atoms with E-state index in [0.717, 1.165) is 49.0 Å². The summed E-state index contributed by atoms with van der Waals surface area (Å²) in [5.74, 6) is -0.938. The van der Waals surface area contributed by atoms with E-state index in [1.807, 2.05) is 24.3 Å². The van der Waals surface area contributed by atoms with Gasteiger partial charge in [-0.2, -0.15) is 0 Å². The number of aromatic nitrogens is 1. The first-order chi connectivity index (χ1) is 11.1. The van der Waals surface area contributed by atoms with Crippen molar-refractivity contribution in [3.05, 3.63) is 58.9 Å². The average molecular weight is 332 g/mol. The SMILES string of the molecule is O=C(O)c1cnccc1N1CCN(Cc2ccccc2Cl)CC1. The van der Waals surface area contributed by atoms with Gasteiger partial charge >= 0.3 is 5.97 Å². The Balaban J connectivity index is 1.65. The first kappa shape index (κ1) is 15.8. The lowest BCUT2D eigenvalue weighted by molar-refractivity contribution is 0.0697. The molecule has 1 aliphatic rings. The summed E-state index contributed by atoms with van der Waals surface area (Å²) in [5.41, 5.74) is 2.12. The van der Waals surface area contributed by atoms with E-state index in [1.54, 1.807) is 12.3 Å². The molecule has 1 aliphatic heterocycles. The quantitative estimate of drug-likeness (QED) is 0.933. The third-order valence-corrected chi connectivity index (χ3v) is 4.46. The molecule has 0 amide bonds. The fraction of sp³-hybridized carbons (Fsp3) is 0.294. The van der Waals surface area contributed by atoms with Crippen molar-refractivity contribution in [1.82, 2.24) is 9.88 Å². The Labute approximate surface area is 140 Å². The van der Waals surface area contributed by atoms with Gasteiger partial charge in [0.05, 0.1) is 5.69 Å². The molecular weight excluding hydrogens is 314 g/mol. The van der Waals surface area contributed by atoms with Gasteiger partial charge in [0.2, 0.25) is 0 Å². The highest BCUT2D eigenvalue weighted by Gasteiger charge is 2.21. The first-order valence-corrected chi connectivity index (χ1v) is 7.91. The number of rotatable bonds is 4. The van der Waals surface area contributed by atoms with E-state index in [-0.39, 0.29) is 5.56 Å². The maximum Gasteiger partial charge on any atom is 0.339 e. The lowest BCUT2D eigenvalue weighted by atomic mass is 10.1. The van der Waals surface area contributed by atoms with Gasteiger partial charge < -0.3 is 10.0 Å². The van der Waals surface area contributed by atoms with E-state index >= 15 is 0 Å². The summed E-state index contributed by atoms with van der Waals surface area (Å²) in [6.07, 6.45) is 3.05. The predicted molar refractivity (Wildman–Crippen MR) is 90.1 cm³/mol. The van der Waals surface area contributed by atoms with Crippen LogP contribution in [-0.4, -0.2) is 47.1 Å². The highest BCUT2D eigenvalue weighted by atomic mass is 35.5. The third kappa shape index (κ3) is 3.63. The summed E-state index contributed by atoms with van der Waals surface area (Å²) in [6.45, 7) is 4.12. The van der Waals surface area contributed by atoms with Crippen LogP contribution in [0.5, 0.6) is 0 Å². The molecule has 1 fully saturated rings. The van der Waals surface area contributed by atoms with Gasteiger partial charge in [-0.3, -0.25) is 9.88 Å². The topological polar surface area (TPSA) is 56.7 Å². The van der Waals surface area contributed by atoms with Gasteiger partial charge in [-0.1, -0.05) is 29.8 Å². The molecule has 1 aromatic heterocycles. The van der Waals surface area contributed by atoms with E-state index in [2.05, 4.69) is 14.8 Å². The molecule has 6 heteroatoms. The number of hydrogen-bond acceptors (Lipinski definition) is 4. The second-order valence-corrected chi connectivity index (χ2v) is 5.96. The molecule has 1 N–H and O–H groups in total. The number of nitrogens with zero attached hydrogens (tertiary/aromatic N) is 3. The summed E-state index contributed by atoms with van der Waals surface area (Å²) >= 11 is 6.21. The van der Waals surface area contributed by atoms with Crippen LogP contribution in [0.1, 0.15) is 15.9 Å². The molecule has 2 aromatic rings. The minimum absolute atomic E-state index is 0.257. The van der Waals surface area contributed by atoms with E-state index in [0.29, 0.717) is 0 Å². The van der Waals surface area contributed by atoms with Crippen molar-refractivity contribution in [3.8, 4) is 0 Å². The fourth-order valence-corrected chi connectivity index (χ4v) is 3.04. The number of aromatic carboxylic acids is 1. The lowest BCUT2D eigenvalue weighted by Gasteiger charge is -2.36. The Morgan fingerprint density at radius 3 is 2.61 bits per heavy atom. The maximum atomic E-state index is 11.3. The number of carboxylic acids is 1. The van der Waals surface area contributed by atoms with Crippen LogP contribution < -0.4 is 4.90 Å². The Bertz CT molecular complexity index is 700. The zero-order chi connectivity index (χ0) is 16.2. The number of anilines is 1. The van der Waals surface area contributed by atoms with Gasteiger partial charge in [0.15, 0.2) is 0 Å². The molecule has 0 aliphatic carbocycles. The number of benzene rings is 1. The Kier molecular flexibility index (Phi) is 4.79. The van der Waals surface area contributed by atoms with Crippen LogP contribution in [0.2, 0.25) is 5.02 Å². The van der Waals surface area contributed by atoms with Crippen LogP contribution in [0.15, 0.2) is 42.7 Å². The van der Waals surface area contributed by atoms with E-state index in [9.17, 15) is 9.90 Å². The smallest absolute Gasteiger partial charge is 0.339 e. The summed E-state index contributed by atoms with van der Waals surface area (Å²) in [4.78, 5) is 19.7. The molecule has 0 bridgehead atoms. The number of carboxylic acid groups (broad SMARTS) is 1.